The summed E-state index contributed by atoms with van der Waals surface area (Å²) in [6, 6.07) is 10.5. The Morgan fingerprint density at radius 1 is 0.923 bits per heavy atom. The van der Waals surface area contributed by atoms with Crippen LogP contribution < -0.4 is 9.47 Å². The zero-order valence-electron chi connectivity index (χ0n) is 16.8. The van der Waals surface area contributed by atoms with Gasteiger partial charge < -0.3 is 9.47 Å². The monoisotopic (exact) mass is 350 g/mol. The molecule has 2 aromatic carbocycles. The molecule has 136 valence electrons. The van der Waals surface area contributed by atoms with Crippen LogP contribution in [0.3, 0.4) is 0 Å². The fourth-order valence-electron chi connectivity index (χ4n) is 4.15. The van der Waals surface area contributed by atoms with Gasteiger partial charge in [-0.15, -0.1) is 0 Å². The molecule has 0 aromatic heterocycles. The molecular formula is C23H28NO2+. The fourth-order valence-corrected chi connectivity index (χ4v) is 4.15. The molecule has 0 saturated heterocycles. The molecule has 0 N–H and O–H groups in total. The van der Waals surface area contributed by atoms with E-state index in [9.17, 15) is 0 Å². The lowest BCUT2D eigenvalue weighted by atomic mass is 9.79. The highest BCUT2D eigenvalue weighted by Crippen LogP contribution is 2.42. The van der Waals surface area contributed by atoms with Crippen molar-refractivity contribution in [3.8, 4) is 11.5 Å². The molecule has 0 saturated carbocycles. The molecule has 1 aliphatic rings. The van der Waals surface area contributed by atoms with Gasteiger partial charge in [-0.25, -0.2) is 0 Å². The van der Waals surface area contributed by atoms with E-state index in [0.717, 1.165) is 17.1 Å². The van der Waals surface area contributed by atoms with E-state index in [1.54, 1.807) is 14.2 Å². The molecule has 3 nitrogen and oxygen atoms in total. The maximum Gasteiger partial charge on any atom is 0.210 e. The van der Waals surface area contributed by atoms with Crippen LogP contribution in [0.2, 0.25) is 0 Å². The molecule has 0 spiro atoms. The van der Waals surface area contributed by atoms with Crippen LogP contribution in [0.5, 0.6) is 11.5 Å². The summed E-state index contributed by atoms with van der Waals surface area (Å²) in [7, 11) is 5.47. The highest BCUT2D eigenvalue weighted by Gasteiger charge is 2.44. The standard InChI is InChI=1S/C23H28NO2/c1-15-12-16(2)22-18(13-15)24(5)21(23(22,3)4)11-9-17-8-10-19(25-6)20(14-17)26-7/h8-14H,1-7H3/q+1/b11-9+. The van der Waals surface area contributed by atoms with Gasteiger partial charge in [0.15, 0.2) is 17.2 Å². The van der Waals surface area contributed by atoms with Gasteiger partial charge in [0, 0.05) is 17.7 Å². The summed E-state index contributed by atoms with van der Waals surface area (Å²) in [4.78, 5) is 0. The van der Waals surface area contributed by atoms with Gasteiger partial charge in [-0.05, 0) is 62.6 Å². The largest absolute Gasteiger partial charge is 0.493 e. The molecule has 0 amide bonds. The van der Waals surface area contributed by atoms with Crippen LogP contribution in [0.25, 0.3) is 6.08 Å². The highest BCUT2D eigenvalue weighted by atomic mass is 16.5. The van der Waals surface area contributed by atoms with Gasteiger partial charge in [0.25, 0.3) is 0 Å². The second-order valence-electron chi connectivity index (χ2n) is 7.49. The predicted octanol–water partition coefficient (Wildman–Crippen LogP) is 5.04. The molecule has 0 radical (unpaired) electrons. The molecule has 26 heavy (non-hydrogen) atoms. The van der Waals surface area contributed by atoms with Crippen LogP contribution in [0.15, 0.2) is 36.4 Å². The van der Waals surface area contributed by atoms with Crippen molar-refractivity contribution in [2.45, 2.75) is 33.1 Å². The third-order valence-electron chi connectivity index (χ3n) is 5.29. The zero-order valence-corrected chi connectivity index (χ0v) is 16.8. The van der Waals surface area contributed by atoms with Crippen molar-refractivity contribution in [2.75, 3.05) is 21.3 Å². The van der Waals surface area contributed by atoms with E-state index in [4.69, 9.17) is 9.47 Å². The van der Waals surface area contributed by atoms with Crippen molar-refractivity contribution in [2.24, 2.45) is 0 Å². The van der Waals surface area contributed by atoms with Gasteiger partial charge >= 0.3 is 0 Å². The van der Waals surface area contributed by atoms with E-state index in [2.05, 4.69) is 63.6 Å². The quantitative estimate of drug-likeness (QED) is 0.721. The molecule has 0 bridgehead atoms. The van der Waals surface area contributed by atoms with Crippen molar-refractivity contribution < 1.29 is 14.0 Å². The highest BCUT2D eigenvalue weighted by molar-refractivity contribution is 6.05. The summed E-state index contributed by atoms with van der Waals surface area (Å²) in [6.45, 7) is 8.96. The lowest BCUT2D eigenvalue weighted by Gasteiger charge is -2.18. The summed E-state index contributed by atoms with van der Waals surface area (Å²) >= 11 is 0. The molecule has 1 heterocycles. The number of fused-ring (bicyclic) bond motifs is 1. The number of nitrogens with zero attached hydrogens (tertiary/aromatic N) is 1. The first-order valence-electron chi connectivity index (χ1n) is 8.92. The van der Waals surface area contributed by atoms with Crippen molar-refractivity contribution in [1.82, 2.24) is 0 Å². The first-order chi connectivity index (χ1) is 12.3. The van der Waals surface area contributed by atoms with Crippen molar-refractivity contribution in [3.05, 3.63) is 58.7 Å². The summed E-state index contributed by atoms with van der Waals surface area (Å²) in [5.74, 6) is 1.49. The lowest BCUT2D eigenvalue weighted by Crippen LogP contribution is -2.27. The zero-order chi connectivity index (χ0) is 19.1. The number of allylic oxidation sites excluding steroid dienone is 1. The Balaban J connectivity index is 2.02. The molecule has 3 heteroatoms. The van der Waals surface area contributed by atoms with Crippen LogP contribution in [0.4, 0.5) is 5.69 Å². The molecule has 3 rings (SSSR count). The van der Waals surface area contributed by atoms with E-state index < -0.39 is 0 Å². The topological polar surface area (TPSA) is 21.5 Å². The van der Waals surface area contributed by atoms with Gasteiger partial charge in [0.05, 0.1) is 19.6 Å². The third kappa shape index (κ3) is 2.92. The number of ether oxygens (including phenoxy) is 2. The summed E-state index contributed by atoms with van der Waals surface area (Å²) in [5, 5.41) is 0. The number of methoxy groups -OCH3 is 2. The minimum absolute atomic E-state index is 0.0328. The van der Waals surface area contributed by atoms with Crippen LogP contribution in [-0.4, -0.2) is 31.6 Å². The molecule has 0 aliphatic carbocycles. The third-order valence-corrected chi connectivity index (χ3v) is 5.29. The predicted molar refractivity (Wildman–Crippen MR) is 108 cm³/mol. The number of benzene rings is 2. The van der Waals surface area contributed by atoms with E-state index in [1.165, 1.54) is 28.1 Å². The average Bonchev–Trinajstić information content (AvgIpc) is 2.78. The molecule has 2 aromatic rings. The van der Waals surface area contributed by atoms with Gasteiger partial charge in [-0.1, -0.05) is 12.1 Å². The van der Waals surface area contributed by atoms with Gasteiger partial charge in [-0.2, -0.15) is 4.58 Å². The van der Waals surface area contributed by atoms with Crippen molar-refractivity contribution in [1.29, 1.82) is 0 Å². The lowest BCUT2D eigenvalue weighted by molar-refractivity contribution is -0.401. The van der Waals surface area contributed by atoms with Crippen molar-refractivity contribution >= 4 is 17.5 Å². The summed E-state index contributed by atoms with van der Waals surface area (Å²) in [5.41, 5.74) is 7.71. The van der Waals surface area contributed by atoms with Crippen LogP contribution in [0.1, 0.15) is 36.1 Å². The summed E-state index contributed by atoms with van der Waals surface area (Å²) < 4.78 is 13.0. The van der Waals surface area contributed by atoms with Crippen LogP contribution in [0, 0.1) is 13.8 Å². The maximum atomic E-state index is 5.41. The first kappa shape index (κ1) is 18.2. The molecular weight excluding hydrogens is 322 g/mol. The Bertz CT molecular complexity index is 920. The fraction of sp³-hybridized carbons (Fsp3) is 0.348. The molecule has 0 atom stereocenters. The van der Waals surface area contributed by atoms with E-state index in [-0.39, 0.29) is 5.41 Å². The molecule has 1 aliphatic heterocycles. The number of hydrogen-bond acceptors (Lipinski definition) is 2. The molecule has 0 unspecified atom stereocenters. The van der Waals surface area contributed by atoms with E-state index in [0.29, 0.717) is 0 Å². The molecule has 0 fully saturated rings. The minimum atomic E-state index is -0.0328. The number of aryl methyl sites for hydroxylation is 2. The Morgan fingerprint density at radius 3 is 2.27 bits per heavy atom. The van der Waals surface area contributed by atoms with Crippen LogP contribution in [-0.2, 0) is 5.41 Å². The number of rotatable bonds is 4. The SMILES string of the molecule is COc1ccc(/C=C/C2=[N+](C)c3cc(C)cc(C)c3C2(C)C)cc1OC. The Hall–Kier alpha value is -2.55. The van der Waals surface area contributed by atoms with Gasteiger partial charge in [-0.3, -0.25) is 0 Å². The number of hydrogen-bond donors (Lipinski definition) is 0. The van der Waals surface area contributed by atoms with Gasteiger partial charge in [0.2, 0.25) is 5.69 Å². The maximum absolute atomic E-state index is 5.41. The normalized spacial score (nSPS) is 15.5. The smallest absolute Gasteiger partial charge is 0.210 e. The first-order valence-corrected chi connectivity index (χ1v) is 8.92. The van der Waals surface area contributed by atoms with Crippen LogP contribution >= 0.6 is 0 Å². The van der Waals surface area contributed by atoms with Crippen molar-refractivity contribution in [3.63, 3.8) is 0 Å². The Morgan fingerprint density at radius 2 is 1.62 bits per heavy atom. The van der Waals surface area contributed by atoms with Gasteiger partial charge in [0.1, 0.15) is 7.05 Å². The Kier molecular flexibility index (Phi) is 4.66. The Labute approximate surface area is 156 Å². The minimum Gasteiger partial charge on any atom is -0.493 e. The second-order valence-corrected chi connectivity index (χ2v) is 7.49. The second kappa shape index (κ2) is 6.64. The van der Waals surface area contributed by atoms with E-state index >= 15 is 0 Å². The van der Waals surface area contributed by atoms with E-state index in [1.807, 2.05) is 18.2 Å². The average molecular weight is 350 g/mol. The summed E-state index contributed by atoms with van der Waals surface area (Å²) in [6.07, 6.45) is 4.36.